The minimum atomic E-state index is -4.42. The van der Waals surface area contributed by atoms with E-state index in [-0.39, 0.29) is 6.42 Å². The van der Waals surface area contributed by atoms with E-state index in [0.717, 1.165) is 23.3 Å². The predicted molar refractivity (Wildman–Crippen MR) is 140 cm³/mol. The van der Waals surface area contributed by atoms with Crippen LogP contribution in [-0.4, -0.2) is 30.3 Å². The SMILES string of the molecule is COC(=O)C1(NC(=O)OC(C)(C)C)CCc2ccc(Oc3ccccc3-c3ccc(C(F)(F)F)cc3)cc2C1. The molecule has 0 aromatic heterocycles. The van der Waals surface area contributed by atoms with Crippen molar-refractivity contribution < 1.29 is 37.0 Å². The topological polar surface area (TPSA) is 73.9 Å². The maximum absolute atomic E-state index is 13.0. The van der Waals surface area contributed by atoms with Crippen molar-refractivity contribution >= 4 is 12.1 Å². The van der Waals surface area contributed by atoms with Gasteiger partial charge in [-0.05, 0) is 80.6 Å². The third-order valence-electron chi connectivity index (χ3n) is 6.45. The van der Waals surface area contributed by atoms with Crippen LogP contribution >= 0.6 is 0 Å². The zero-order valence-electron chi connectivity index (χ0n) is 22.1. The van der Waals surface area contributed by atoms with Crippen molar-refractivity contribution in [1.29, 1.82) is 0 Å². The lowest BCUT2D eigenvalue weighted by atomic mass is 9.78. The number of fused-ring (bicyclic) bond motifs is 1. The minimum Gasteiger partial charge on any atom is -0.467 e. The Morgan fingerprint density at radius 2 is 1.62 bits per heavy atom. The first-order chi connectivity index (χ1) is 18.3. The van der Waals surface area contributed by atoms with Crippen LogP contribution in [0.15, 0.2) is 66.7 Å². The van der Waals surface area contributed by atoms with E-state index >= 15 is 0 Å². The number of methoxy groups -OCH3 is 1. The van der Waals surface area contributed by atoms with E-state index in [4.69, 9.17) is 14.2 Å². The summed E-state index contributed by atoms with van der Waals surface area (Å²) in [5, 5.41) is 2.74. The summed E-state index contributed by atoms with van der Waals surface area (Å²) in [6.45, 7) is 5.21. The number of rotatable bonds is 5. The lowest BCUT2D eigenvalue weighted by Gasteiger charge is -2.36. The lowest BCUT2D eigenvalue weighted by Crippen LogP contribution is -2.59. The first-order valence-corrected chi connectivity index (χ1v) is 12.5. The molecule has 0 spiro atoms. The fourth-order valence-electron chi connectivity index (χ4n) is 4.62. The fraction of sp³-hybridized carbons (Fsp3) is 0.333. The number of halogens is 3. The van der Waals surface area contributed by atoms with Crippen molar-refractivity contribution in [2.24, 2.45) is 0 Å². The molecule has 6 nitrogen and oxygen atoms in total. The Labute approximate surface area is 225 Å². The third-order valence-corrected chi connectivity index (χ3v) is 6.45. The number of aryl methyl sites for hydroxylation is 1. The number of esters is 1. The van der Waals surface area contributed by atoms with E-state index in [0.29, 0.717) is 35.5 Å². The molecule has 1 amide bonds. The quantitative estimate of drug-likeness (QED) is 0.349. The van der Waals surface area contributed by atoms with Gasteiger partial charge in [-0.25, -0.2) is 9.59 Å². The molecule has 9 heteroatoms. The van der Waals surface area contributed by atoms with Crippen LogP contribution in [0, 0.1) is 0 Å². The van der Waals surface area contributed by atoms with Gasteiger partial charge in [-0.2, -0.15) is 13.2 Å². The number of para-hydroxylation sites is 1. The molecule has 206 valence electrons. The van der Waals surface area contributed by atoms with Gasteiger partial charge in [0.25, 0.3) is 0 Å². The summed E-state index contributed by atoms with van der Waals surface area (Å²) in [6, 6.07) is 17.4. The first kappa shape index (κ1) is 28.0. The van der Waals surface area contributed by atoms with Crippen LogP contribution in [0.3, 0.4) is 0 Å². The molecule has 3 aromatic rings. The summed E-state index contributed by atoms with van der Waals surface area (Å²) in [5.41, 5.74) is 0.225. The van der Waals surface area contributed by atoms with E-state index in [1.54, 1.807) is 57.2 Å². The summed E-state index contributed by atoms with van der Waals surface area (Å²) < 4.78 is 55.7. The monoisotopic (exact) mass is 541 g/mol. The van der Waals surface area contributed by atoms with Crippen LogP contribution in [0.4, 0.5) is 18.0 Å². The van der Waals surface area contributed by atoms with Gasteiger partial charge in [0.2, 0.25) is 0 Å². The van der Waals surface area contributed by atoms with Gasteiger partial charge < -0.3 is 19.5 Å². The smallest absolute Gasteiger partial charge is 0.416 e. The second kappa shape index (κ2) is 10.6. The van der Waals surface area contributed by atoms with Crippen LogP contribution in [0.5, 0.6) is 11.5 Å². The minimum absolute atomic E-state index is 0.173. The van der Waals surface area contributed by atoms with Crippen molar-refractivity contribution in [2.75, 3.05) is 7.11 Å². The molecule has 1 atom stereocenters. The Morgan fingerprint density at radius 1 is 0.923 bits per heavy atom. The molecule has 0 bridgehead atoms. The number of amides is 1. The lowest BCUT2D eigenvalue weighted by molar-refractivity contribution is -0.149. The largest absolute Gasteiger partial charge is 0.467 e. The molecule has 0 radical (unpaired) electrons. The summed E-state index contributed by atoms with van der Waals surface area (Å²) in [7, 11) is 1.27. The normalized spacial score (nSPS) is 17.1. The van der Waals surface area contributed by atoms with Gasteiger partial charge >= 0.3 is 18.2 Å². The van der Waals surface area contributed by atoms with Crippen LogP contribution in [0.25, 0.3) is 11.1 Å². The van der Waals surface area contributed by atoms with Gasteiger partial charge in [0.15, 0.2) is 0 Å². The van der Waals surface area contributed by atoms with Gasteiger partial charge in [-0.1, -0.05) is 36.4 Å². The molecule has 1 unspecified atom stereocenters. The molecule has 0 heterocycles. The van der Waals surface area contributed by atoms with Crippen LogP contribution < -0.4 is 10.1 Å². The van der Waals surface area contributed by atoms with Crippen molar-refractivity contribution in [2.45, 2.75) is 57.3 Å². The molecule has 0 saturated heterocycles. The highest BCUT2D eigenvalue weighted by Crippen LogP contribution is 2.38. The molecule has 39 heavy (non-hydrogen) atoms. The average molecular weight is 542 g/mol. The zero-order chi connectivity index (χ0) is 28.4. The van der Waals surface area contributed by atoms with Crippen LogP contribution in [0.1, 0.15) is 43.9 Å². The highest BCUT2D eigenvalue weighted by atomic mass is 19.4. The molecule has 1 aliphatic carbocycles. The average Bonchev–Trinajstić information content (AvgIpc) is 2.86. The summed E-state index contributed by atoms with van der Waals surface area (Å²) in [4.78, 5) is 25.5. The van der Waals surface area contributed by atoms with Gasteiger partial charge in [0.1, 0.15) is 22.6 Å². The zero-order valence-corrected chi connectivity index (χ0v) is 22.1. The molecule has 0 aliphatic heterocycles. The van der Waals surface area contributed by atoms with Crippen LogP contribution in [0.2, 0.25) is 0 Å². The summed E-state index contributed by atoms with van der Waals surface area (Å²) in [6.07, 6.45) is -4.11. The van der Waals surface area contributed by atoms with Crippen molar-refractivity contribution in [3.8, 4) is 22.6 Å². The number of ether oxygens (including phenoxy) is 3. The summed E-state index contributed by atoms with van der Waals surface area (Å²) >= 11 is 0. The highest BCUT2D eigenvalue weighted by Gasteiger charge is 2.45. The number of hydrogen-bond acceptors (Lipinski definition) is 5. The standard InChI is InChI=1S/C30H30F3NO5/c1-28(2,3)39-27(36)34-29(26(35)37-4)16-15-19-11-14-23(17-21(19)18-29)38-25-8-6-5-7-24(25)20-9-12-22(13-10-20)30(31,32)33/h5-14,17H,15-16,18H2,1-4H3,(H,34,36). The number of carbonyl (C=O) groups excluding carboxylic acids is 2. The summed E-state index contributed by atoms with van der Waals surface area (Å²) in [5.74, 6) is 0.364. The number of alkyl halides is 3. The number of hydrogen-bond donors (Lipinski definition) is 1. The number of benzene rings is 3. The second-order valence-electron chi connectivity index (χ2n) is 10.5. The van der Waals surface area contributed by atoms with Crippen LogP contribution in [-0.2, 0) is 33.3 Å². The Hall–Kier alpha value is -4.01. The number of nitrogens with one attached hydrogen (secondary N) is 1. The van der Waals surface area contributed by atoms with E-state index in [1.807, 2.05) is 6.07 Å². The molecular formula is C30H30F3NO5. The predicted octanol–water partition coefficient (Wildman–Crippen LogP) is 7.09. The van der Waals surface area contributed by atoms with E-state index < -0.39 is 34.9 Å². The molecule has 1 aliphatic rings. The van der Waals surface area contributed by atoms with Crippen molar-refractivity contribution in [3.05, 3.63) is 83.4 Å². The molecule has 4 rings (SSSR count). The third kappa shape index (κ3) is 6.53. The maximum Gasteiger partial charge on any atom is 0.416 e. The Morgan fingerprint density at radius 3 is 2.26 bits per heavy atom. The van der Waals surface area contributed by atoms with Crippen molar-refractivity contribution in [3.63, 3.8) is 0 Å². The van der Waals surface area contributed by atoms with Gasteiger partial charge in [0, 0.05) is 12.0 Å². The van der Waals surface area contributed by atoms with Gasteiger partial charge in [-0.3, -0.25) is 0 Å². The van der Waals surface area contributed by atoms with E-state index in [2.05, 4.69) is 5.32 Å². The molecule has 1 N–H and O–H groups in total. The molecule has 0 fully saturated rings. The fourth-order valence-corrected chi connectivity index (χ4v) is 4.62. The Kier molecular flexibility index (Phi) is 7.63. The first-order valence-electron chi connectivity index (χ1n) is 12.5. The molecule has 0 saturated carbocycles. The highest BCUT2D eigenvalue weighted by molar-refractivity contribution is 5.86. The second-order valence-corrected chi connectivity index (χ2v) is 10.5. The molecular weight excluding hydrogens is 511 g/mol. The van der Waals surface area contributed by atoms with E-state index in [9.17, 15) is 22.8 Å². The number of alkyl carbamates (subject to hydrolysis) is 1. The maximum atomic E-state index is 13.0. The Bertz CT molecular complexity index is 1360. The van der Waals surface area contributed by atoms with Crippen molar-refractivity contribution in [1.82, 2.24) is 5.32 Å². The molecule has 3 aromatic carbocycles. The Balaban J connectivity index is 1.60. The van der Waals surface area contributed by atoms with E-state index in [1.165, 1.54) is 19.2 Å². The number of carbonyl (C=O) groups is 2. The van der Waals surface area contributed by atoms with Gasteiger partial charge in [0.05, 0.1) is 12.7 Å². The van der Waals surface area contributed by atoms with Gasteiger partial charge in [-0.15, -0.1) is 0 Å².